The van der Waals surface area contributed by atoms with E-state index >= 15 is 0 Å². The number of ether oxygens (including phenoxy) is 1. The fraction of sp³-hybridized carbons (Fsp3) is 0.429. The van der Waals surface area contributed by atoms with Gasteiger partial charge in [0, 0.05) is 16.6 Å². The zero-order chi connectivity index (χ0) is 13.5. The molecule has 0 fully saturated rings. The van der Waals surface area contributed by atoms with E-state index in [1.165, 1.54) is 12.1 Å². The van der Waals surface area contributed by atoms with Crippen molar-refractivity contribution in [3.8, 4) is 5.75 Å². The van der Waals surface area contributed by atoms with E-state index in [1.54, 1.807) is 6.07 Å². The average Bonchev–Trinajstić information content (AvgIpc) is 2.34. The van der Waals surface area contributed by atoms with Gasteiger partial charge in [0.2, 0.25) is 0 Å². The van der Waals surface area contributed by atoms with Gasteiger partial charge in [-0.2, -0.15) is 0 Å². The van der Waals surface area contributed by atoms with Crippen LogP contribution in [0.1, 0.15) is 31.9 Å². The second kappa shape index (κ2) is 7.39. The number of nitrogens with one attached hydrogen (secondary N) is 1. The van der Waals surface area contributed by atoms with E-state index in [9.17, 15) is 4.39 Å². The summed E-state index contributed by atoms with van der Waals surface area (Å²) < 4.78 is 18.8. The van der Waals surface area contributed by atoms with Crippen molar-refractivity contribution in [1.82, 2.24) is 5.32 Å². The van der Waals surface area contributed by atoms with Crippen molar-refractivity contribution in [2.45, 2.75) is 26.3 Å². The molecule has 0 saturated carbocycles. The Morgan fingerprint density at radius 3 is 2.89 bits per heavy atom. The van der Waals surface area contributed by atoms with Crippen molar-refractivity contribution in [2.24, 2.45) is 0 Å². The van der Waals surface area contributed by atoms with Crippen LogP contribution >= 0.6 is 11.6 Å². The molecule has 0 spiro atoms. The summed E-state index contributed by atoms with van der Waals surface area (Å²) in [4.78, 5) is 0. The quantitative estimate of drug-likeness (QED) is 0.809. The van der Waals surface area contributed by atoms with E-state index in [1.807, 2.05) is 6.92 Å². The van der Waals surface area contributed by atoms with E-state index in [0.717, 1.165) is 18.5 Å². The van der Waals surface area contributed by atoms with E-state index < -0.39 is 0 Å². The van der Waals surface area contributed by atoms with E-state index in [-0.39, 0.29) is 18.5 Å². The fourth-order valence-corrected chi connectivity index (χ4v) is 1.67. The lowest BCUT2D eigenvalue weighted by molar-refractivity contribution is 0.349. The van der Waals surface area contributed by atoms with Gasteiger partial charge in [0.1, 0.15) is 18.2 Å². The van der Waals surface area contributed by atoms with E-state index in [0.29, 0.717) is 10.8 Å². The number of benzene rings is 1. The van der Waals surface area contributed by atoms with Crippen molar-refractivity contribution in [1.29, 1.82) is 0 Å². The first kappa shape index (κ1) is 15.0. The lowest BCUT2D eigenvalue weighted by Gasteiger charge is -2.18. The lowest BCUT2D eigenvalue weighted by Crippen LogP contribution is -2.20. The van der Waals surface area contributed by atoms with Crippen LogP contribution in [0.15, 0.2) is 29.8 Å². The summed E-state index contributed by atoms with van der Waals surface area (Å²) >= 11 is 5.67. The Morgan fingerprint density at radius 1 is 1.56 bits per heavy atom. The number of hydrogen-bond acceptors (Lipinski definition) is 2. The van der Waals surface area contributed by atoms with Crippen molar-refractivity contribution in [2.75, 3.05) is 13.2 Å². The summed E-state index contributed by atoms with van der Waals surface area (Å²) in [5.41, 5.74) is 0.793. The molecular weight excluding hydrogens is 253 g/mol. The van der Waals surface area contributed by atoms with Crippen LogP contribution in [0.2, 0.25) is 0 Å². The minimum Gasteiger partial charge on any atom is -0.488 e. The van der Waals surface area contributed by atoms with Gasteiger partial charge >= 0.3 is 0 Å². The molecule has 100 valence electrons. The maximum atomic E-state index is 13.3. The Balaban J connectivity index is 2.84. The zero-order valence-electron chi connectivity index (χ0n) is 10.8. The SMILES string of the molecule is C=C(Cl)COc1ccc(F)cc1C(C)NCCC. The molecule has 1 unspecified atom stereocenters. The summed E-state index contributed by atoms with van der Waals surface area (Å²) in [6, 6.07) is 4.51. The molecular formula is C14H19ClFNO. The van der Waals surface area contributed by atoms with Crippen LogP contribution in [0.25, 0.3) is 0 Å². The van der Waals surface area contributed by atoms with E-state index in [4.69, 9.17) is 16.3 Å². The smallest absolute Gasteiger partial charge is 0.124 e. The topological polar surface area (TPSA) is 21.3 Å². The zero-order valence-corrected chi connectivity index (χ0v) is 11.6. The van der Waals surface area contributed by atoms with Gasteiger partial charge in [0.05, 0.1) is 0 Å². The summed E-state index contributed by atoms with van der Waals surface area (Å²) in [6.45, 7) is 8.72. The predicted molar refractivity (Wildman–Crippen MR) is 73.6 cm³/mol. The second-order valence-electron chi connectivity index (χ2n) is 4.16. The summed E-state index contributed by atoms with van der Waals surface area (Å²) in [7, 11) is 0. The van der Waals surface area contributed by atoms with Gasteiger partial charge in [-0.15, -0.1) is 0 Å². The van der Waals surface area contributed by atoms with Crippen LogP contribution in [-0.2, 0) is 0 Å². The van der Waals surface area contributed by atoms with Crippen molar-refractivity contribution in [3.05, 3.63) is 41.2 Å². The maximum Gasteiger partial charge on any atom is 0.124 e. The molecule has 18 heavy (non-hydrogen) atoms. The predicted octanol–water partition coefficient (Wildman–Crippen LogP) is 4.02. The van der Waals surface area contributed by atoms with E-state index in [2.05, 4.69) is 18.8 Å². The minimum absolute atomic E-state index is 0.0271. The highest BCUT2D eigenvalue weighted by Crippen LogP contribution is 2.26. The number of rotatable bonds is 7. The lowest BCUT2D eigenvalue weighted by atomic mass is 10.1. The molecule has 1 N–H and O–H groups in total. The molecule has 1 aromatic carbocycles. The normalized spacial score (nSPS) is 12.2. The minimum atomic E-state index is -0.271. The highest BCUT2D eigenvalue weighted by molar-refractivity contribution is 6.29. The molecule has 0 saturated heterocycles. The molecule has 0 bridgehead atoms. The Labute approximate surface area is 113 Å². The molecule has 1 atom stereocenters. The third kappa shape index (κ3) is 4.67. The second-order valence-corrected chi connectivity index (χ2v) is 4.70. The van der Waals surface area contributed by atoms with Crippen molar-refractivity contribution < 1.29 is 9.13 Å². The molecule has 4 heteroatoms. The maximum absolute atomic E-state index is 13.3. The molecule has 0 amide bonds. The van der Waals surface area contributed by atoms with Crippen LogP contribution in [0.3, 0.4) is 0 Å². The molecule has 0 aliphatic heterocycles. The van der Waals surface area contributed by atoms with Gasteiger partial charge in [0.25, 0.3) is 0 Å². The van der Waals surface area contributed by atoms with Crippen LogP contribution in [0, 0.1) is 5.82 Å². The molecule has 2 nitrogen and oxygen atoms in total. The summed E-state index contributed by atoms with van der Waals surface area (Å²) in [5.74, 6) is 0.363. The average molecular weight is 272 g/mol. The van der Waals surface area contributed by atoms with Gasteiger partial charge in [-0.1, -0.05) is 25.1 Å². The van der Waals surface area contributed by atoms with Crippen LogP contribution in [0.4, 0.5) is 4.39 Å². The molecule has 0 aromatic heterocycles. The largest absolute Gasteiger partial charge is 0.488 e. The molecule has 0 heterocycles. The Kier molecular flexibility index (Phi) is 6.16. The molecule has 0 aliphatic rings. The summed E-state index contributed by atoms with van der Waals surface area (Å²) in [5, 5.41) is 3.72. The molecule has 1 rings (SSSR count). The van der Waals surface area contributed by atoms with Gasteiger partial charge in [-0.25, -0.2) is 4.39 Å². The number of halogens is 2. The Hall–Kier alpha value is -1.06. The molecule has 1 aromatic rings. The third-order valence-corrected chi connectivity index (χ3v) is 2.63. The van der Waals surface area contributed by atoms with Crippen LogP contribution in [-0.4, -0.2) is 13.2 Å². The van der Waals surface area contributed by atoms with Crippen molar-refractivity contribution >= 4 is 11.6 Å². The molecule has 0 radical (unpaired) electrons. The highest BCUT2D eigenvalue weighted by atomic mass is 35.5. The monoisotopic (exact) mass is 271 g/mol. The van der Waals surface area contributed by atoms with Crippen LogP contribution in [0.5, 0.6) is 5.75 Å². The Bertz CT molecular complexity index is 409. The first-order valence-corrected chi connectivity index (χ1v) is 6.41. The summed E-state index contributed by atoms with van der Waals surface area (Å²) in [6.07, 6.45) is 1.02. The first-order valence-electron chi connectivity index (χ1n) is 6.03. The Morgan fingerprint density at radius 2 is 2.28 bits per heavy atom. The third-order valence-electron chi connectivity index (χ3n) is 2.52. The van der Waals surface area contributed by atoms with Gasteiger partial charge in [0.15, 0.2) is 0 Å². The van der Waals surface area contributed by atoms with Crippen LogP contribution < -0.4 is 10.1 Å². The first-order chi connectivity index (χ1) is 8.54. The van der Waals surface area contributed by atoms with Gasteiger partial charge in [-0.05, 0) is 38.1 Å². The van der Waals surface area contributed by atoms with Crippen molar-refractivity contribution in [3.63, 3.8) is 0 Å². The highest BCUT2D eigenvalue weighted by Gasteiger charge is 2.12. The van der Waals surface area contributed by atoms with Gasteiger partial charge < -0.3 is 10.1 Å². The fourth-order valence-electron chi connectivity index (χ4n) is 1.62. The molecule has 0 aliphatic carbocycles. The van der Waals surface area contributed by atoms with Gasteiger partial charge in [-0.3, -0.25) is 0 Å². The standard InChI is InChI=1S/C14H19ClFNO/c1-4-7-17-11(3)13-8-12(16)5-6-14(13)18-9-10(2)15/h5-6,8,11,17H,2,4,7,9H2,1,3H3. The number of hydrogen-bond donors (Lipinski definition) is 1.